The summed E-state index contributed by atoms with van der Waals surface area (Å²) in [5, 5.41) is 2.19. The van der Waals surface area contributed by atoms with Gasteiger partial charge in [0.15, 0.2) is 0 Å². The van der Waals surface area contributed by atoms with E-state index in [-0.39, 0.29) is 0 Å². The molecule has 0 unspecified atom stereocenters. The summed E-state index contributed by atoms with van der Waals surface area (Å²) >= 11 is 0. The van der Waals surface area contributed by atoms with Crippen molar-refractivity contribution in [2.24, 2.45) is 0 Å². The SMILES string of the molecule is COc1cc2c(cn1)[nH]c1nc(C)ccc12. The minimum atomic E-state index is 0.619. The summed E-state index contributed by atoms with van der Waals surface area (Å²) < 4.78 is 5.12. The molecule has 0 bridgehead atoms. The van der Waals surface area contributed by atoms with Gasteiger partial charge in [-0.1, -0.05) is 0 Å². The van der Waals surface area contributed by atoms with Crippen LogP contribution in [0.1, 0.15) is 5.69 Å². The number of rotatable bonds is 1. The van der Waals surface area contributed by atoms with Crippen LogP contribution in [0.5, 0.6) is 5.88 Å². The number of nitrogens with one attached hydrogen (secondary N) is 1. The number of hydrogen-bond donors (Lipinski definition) is 1. The van der Waals surface area contributed by atoms with Gasteiger partial charge in [0.05, 0.1) is 18.8 Å². The van der Waals surface area contributed by atoms with Gasteiger partial charge in [-0.2, -0.15) is 0 Å². The summed E-state index contributed by atoms with van der Waals surface area (Å²) in [5.41, 5.74) is 2.87. The van der Waals surface area contributed by atoms with Crippen molar-refractivity contribution >= 4 is 21.9 Å². The minimum absolute atomic E-state index is 0.619. The fraction of sp³-hybridized carbons (Fsp3) is 0.167. The maximum Gasteiger partial charge on any atom is 0.213 e. The molecule has 4 nitrogen and oxygen atoms in total. The van der Waals surface area contributed by atoms with Crippen LogP contribution in [0.15, 0.2) is 24.4 Å². The summed E-state index contributed by atoms with van der Waals surface area (Å²) in [5.74, 6) is 0.619. The molecule has 3 heterocycles. The van der Waals surface area contributed by atoms with E-state index < -0.39 is 0 Å². The van der Waals surface area contributed by atoms with E-state index in [0.717, 1.165) is 27.6 Å². The van der Waals surface area contributed by atoms with Gasteiger partial charge in [0.2, 0.25) is 5.88 Å². The number of ether oxygens (including phenoxy) is 1. The number of H-pyrrole nitrogens is 1. The van der Waals surface area contributed by atoms with Crippen LogP contribution >= 0.6 is 0 Å². The molecule has 0 spiro atoms. The molecule has 0 amide bonds. The summed E-state index contributed by atoms with van der Waals surface area (Å²) in [6, 6.07) is 5.99. The zero-order valence-corrected chi connectivity index (χ0v) is 9.11. The average molecular weight is 213 g/mol. The van der Waals surface area contributed by atoms with E-state index in [0.29, 0.717) is 5.88 Å². The first-order valence-electron chi connectivity index (χ1n) is 5.07. The molecule has 4 heteroatoms. The molecule has 0 aliphatic rings. The van der Waals surface area contributed by atoms with Gasteiger partial charge in [0.25, 0.3) is 0 Å². The Morgan fingerprint density at radius 3 is 2.94 bits per heavy atom. The summed E-state index contributed by atoms with van der Waals surface area (Å²) in [4.78, 5) is 11.8. The van der Waals surface area contributed by atoms with Gasteiger partial charge in [-0.25, -0.2) is 9.97 Å². The van der Waals surface area contributed by atoms with Crippen LogP contribution in [-0.2, 0) is 0 Å². The quantitative estimate of drug-likeness (QED) is 0.675. The van der Waals surface area contributed by atoms with Crippen LogP contribution < -0.4 is 4.74 Å². The van der Waals surface area contributed by atoms with Gasteiger partial charge >= 0.3 is 0 Å². The standard InChI is InChI=1S/C12H11N3O/c1-7-3-4-8-9-5-11(16-2)13-6-10(9)15-12(8)14-7/h3-6H,1-2H3,(H,14,15). The first-order chi connectivity index (χ1) is 7.78. The lowest BCUT2D eigenvalue weighted by molar-refractivity contribution is 0.399. The Morgan fingerprint density at radius 2 is 2.12 bits per heavy atom. The molecule has 0 aliphatic carbocycles. The third-order valence-corrected chi connectivity index (χ3v) is 2.67. The van der Waals surface area contributed by atoms with E-state index in [2.05, 4.69) is 21.0 Å². The molecule has 80 valence electrons. The zero-order chi connectivity index (χ0) is 11.1. The molecule has 3 rings (SSSR count). The molecule has 0 aliphatic heterocycles. The highest BCUT2D eigenvalue weighted by Crippen LogP contribution is 2.26. The molecule has 16 heavy (non-hydrogen) atoms. The topological polar surface area (TPSA) is 50.8 Å². The summed E-state index contributed by atoms with van der Waals surface area (Å²) in [6.07, 6.45) is 1.77. The molecule has 0 saturated carbocycles. The average Bonchev–Trinajstić information content (AvgIpc) is 2.65. The highest BCUT2D eigenvalue weighted by Gasteiger charge is 2.06. The van der Waals surface area contributed by atoms with Gasteiger partial charge in [-0.15, -0.1) is 0 Å². The number of methoxy groups -OCH3 is 1. The fourth-order valence-electron chi connectivity index (χ4n) is 1.87. The predicted octanol–water partition coefficient (Wildman–Crippen LogP) is 2.43. The van der Waals surface area contributed by atoms with Crippen molar-refractivity contribution in [2.75, 3.05) is 7.11 Å². The second-order valence-electron chi connectivity index (χ2n) is 3.75. The normalized spacial score (nSPS) is 11.1. The molecule has 0 fully saturated rings. The number of aromatic nitrogens is 3. The van der Waals surface area contributed by atoms with Gasteiger partial charge in [0.1, 0.15) is 5.65 Å². The van der Waals surface area contributed by atoms with Gasteiger partial charge in [0, 0.05) is 22.5 Å². The molecule has 0 saturated heterocycles. The number of pyridine rings is 2. The number of aromatic amines is 1. The van der Waals surface area contributed by atoms with Crippen molar-refractivity contribution in [3.8, 4) is 5.88 Å². The third-order valence-electron chi connectivity index (χ3n) is 2.67. The summed E-state index contributed by atoms with van der Waals surface area (Å²) in [6.45, 7) is 1.98. The predicted molar refractivity (Wildman–Crippen MR) is 62.7 cm³/mol. The monoisotopic (exact) mass is 213 g/mol. The number of hydrogen-bond acceptors (Lipinski definition) is 3. The van der Waals surface area contributed by atoms with E-state index in [4.69, 9.17) is 4.74 Å². The molecular weight excluding hydrogens is 202 g/mol. The van der Waals surface area contributed by atoms with Gasteiger partial charge in [-0.3, -0.25) is 0 Å². The van der Waals surface area contributed by atoms with E-state index in [1.165, 1.54) is 0 Å². The van der Waals surface area contributed by atoms with E-state index in [1.807, 2.05) is 19.1 Å². The number of nitrogens with zero attached hydrogens (tertiary/aromatic N) is 2. The first-order valence-corrected chi connectivity index (χ1v) is 5.07. The van der Waals surface area contributed by atoms with Crippen LogP contribution in [0.3, 0.4) is 0 Å². The van der Waals surface area contributed by atoms with Crippen LogP contribution in [-0.4, -0.2) is 22.1 Å². The molecule has 0 atom stereocenters. The largest absolute Gasteiger partial charge is 0.481 e. The zero-order valence-electron chi connectivity index (χ0n) is 9.11. The summed E-state index contributed by atoms with van der Waals surface area (Å²) in [7, 11) is 1.62. The maximum atomic E-state index is 5.12. The van der Waals surface area contributed by atoms with Crippen molar-refractivity contribution < 1.29 is 4.74 Å². The maximum absolute atomic E-state index is 5.12. The molecular formula is C12H11N3O. The molecule has 3 aromatic rings. The second-order valence-corrected chi connectivity index (χ2v) is 3.75. The van der Waals surface area contributed by atoms with Crippen LogP contribution in [0.4, 0.5) is 0 Å². The van der Waals surface area contributed by atoms with Crippen LogP contribution in [0.2, 0.25) is 0 Å². The van der Waals surface area contributed by atoms with Gasteiger partial charge in [-0.05, 0) is 19.1 Å². The van der Waals surface area contributed by atoms with Crippen molar-refractivity contribution in [1.29, 1.82) is 0 Å². The molecule has 0 aromatic carbocycles. The Kier molecular flexibility index (Phi) is 1.83. The second kappa shape index (κ2) is 3.20. The lowest BCUT2D eigenvalue weighted by Crippen LogP contribution is -1.85. The lowest BCUT2D eigenvalue weighted by atomic mass is 10.2. The Balaban J connectivity index is 2.42. The van der Waals surface area contributed by atoms with Crippen molar-refractivity contribution in [3.63, 3.8) is 0 Å². The Labute approximate surface area is 92.3 Å². The molecule has 0 radical (unpaired) electrons. The van der Waals surface area contributed by atoms with Crippen molar-refractivity contribution in [1.82, 2.24) is 15.0 Å². The highest BCUT2D eigenvalue weighted by atomic mass is 16.5. The Bertz CT molecular complexity index is 672. The third kappa shape index (κ3) is 1.23. The Morgan fingerprint density at radius 1 is 1.25 bits per heavy atom. The van der Waals surface area contributed by atoms with E-state index in [9.17, 15) is 0 Å². The first kappa shape index (κ1) is 9.15. The molecule has 3 aromatic heterocycles. The smallest absolute Gasteiger partial charge is 0.213 e. The lowest BCUT2D eigenvalue weighted by Gasteiger charge is -1.97. The van der Waals surface area contributed by atoms with Crippen molar-refractivity contribution in [2.45, 2.75) is 6.92 Å². The fourth-order valence-corrected chi connectivity index (χ4v) is 1.87. The van der Waals surface area contributed by atoms with E-state index in [1.54, 1.807) is 13.3 Å². The van der Waals surface area contributed by atoms with Gasteiger partial charge < -0.3 is 9.72 Å². The number of aryl methyl sites for hydroxylation is 1. The van der Waals surface area contributed by atoms with Crippen LogP contribution in [0, 0.1) is 6.92 Å². The van der Waals surface area contributed by atoms with Crippen molar-refractivity contribution in [3.05, 3.63) is 30.1 Å². The highest BCUT2D eigenvalue weighted by molar-refractivity contribution is 6.05. The van der Waals surface area contributed by atoms with Crippen LogP contribution in [0.25, 0.3) is 21.9 Å². The number of fused-ring (bicyclic) bond motifs is 3. The minimum Gasteiger partial charge on any atom is -0.481 e. The molecule has 1 N–H and O–H groups in total. The van der Waals surface area contributed by atoms with E-state index >= 15 is 0 Å². The Hall–Kier alpha value is -2.10.